The second kappa shape index (κ2) is 7.96. The molecule has 0 fully saturated rings. The van der Waals surface area contributed by atoms with Crippen LogP contribution in [0.25, 0.3) is 22.6 Å². The van der Waals surface area contributed by atoms with Crippen molar-refractivity contribution >= 4 is 44.6 Å². The number of hydrogen-bond acceptors (Lipinski definition) is 6. The van der Waals surface area contributed by atoms with Gasteiger partial charge in [-0.1, -0.05) is 12.1 Å². The number of nitro groups is 1. The number of non-ortho nitro benzene ring substituents is 1. The lowest BCUT2D eigenvalue weighted by molar-refractivity contribution is -0.385. The molecule has 0 atom stereocenters. The van der Waals surface area contributed by atoms with Gasteiger partial charge >= 0.3 is 0 Å². The molecule has 31 heavy (non-hydrogen) atoms. The van der Waals surface area contributed by atoms with Crippen LogP contribution in [0.1, 0.15) is 22.3 Å². The molecule has 0 unspecified atom stereocenters. The van der Waals surface area contributed by atoms with Gasteiger partial charge in [-0.05, 0) is 71.6 Å². The first-order chi connectivity index (χ1) is 14.7. The highest BCUT2D eigenvalue weighted by Crippen LogP contribution is 2.33. The van der Waals surface area contributed by atoms with Crippen LogP contribution in [0.4, 0.5) is 11.4 Å². The Morgan fingerprint density at radius 3 is 2.65 bits per heavy atom. The zero-order valence-electron chi connectivity index (χ0n) is 17.0. The highest BCUT2D eigenvalue weighted by molar-refractivity contribution is 9.10. The highest BCUT2D eigenvalue weighted by Gasteiger charge is 2.15. The number of benzene rings is 3. The minimum absolute atomic E-state index is 0.118. The fraction of sp³-hybridized carbons (Fsp3) is 0.130. The van der Waals surface area contributed by atoms with Crippen molar-refractivity contribution in [2.45, 2.75) is 20.8 Å². The number of nitro benzene ring substituents is 1. The minimum atomic E-state index is -0.523. The maximum Gasteiger partial charge on any atom is 0.271 e. The van der Waals surface area contributed by atoms with Crippen molar-refractivity contribution in [2.24, 2.45) is 4.99 Å². The zero-order chi connectivity index (χ0) is 22.3. The molecular weight excluding hydrogens is 462 g/mol. The van der Waals surface area contributed by atoms with Gasteiger partial charge in [0.2, 0.25) is 5.89 Å². The molecule has 156 valence electrons. The summed E-state index contributed by atoms with van der Waals surface area (Å²) in [6.45, 7) is 5.90. The second-order valence-electron chi connectivity index (χ2n) is 7.33. The van der Waals surface area contributed by atoms with Crippen molar-refractivity contribution in [3.05, 3.63) is 79.3 Å². The van der Waals surface area contributed by atoms with Gasteiger partial charge in [0.25, 0.3) is 5.69 Å². The molecule has 7 nitrogen and oxygen atoms in total. The van der Waals surface area contributed by atoms with E-state index in [4.69, 9.17) is 4.42 Å². The van der Waals surface area contributed by atoms with E-state index in [1.807, 2.05) is 51.1 Å². The summed E-state index contributed by atoms with van der Waals surface area (Å²) in [6, 6.07) is 12.2. The fourth-order valence-electron chi connectivity index (χ4n) is 3.33. The summed E-state index contributed by atoms with van der Waals surface area (Å²) in [7, 11) is 0. The Balaban J connectivity index is 1.74. The molecule has 0 saturated carbocycles. The fourth-order valence-corrected chi connectivity index (χ4v) is 3.79. The van der Waals surface area contributed by atoms with Crippen molar-refractivity contribution in [3.8, 4) is 17.2 Å². The number of fused-ring (bicyclic) bond motifs is 1. The quantitative estimate of drug-likeness (QED) is 0.203. The van der Waals surface area contributed by atoms with Crippen molar-refractivity contribution in [1.82, 2.24) is 4.98 Å². The summed E-state index contributed by atoms with van der Waals surface area (Å²) < 4.78 is 6.22. The third-order valence-corrected chi connectivity index (χ3v) is 5.51. The molecule has 0 aliphatic rings. The van der Waals surface area contributed by atoms with Gasteiger partial charge in [-0.3, -0.25) is 15.1 Å². The molecule has 0 aliphatic carbocycles. The highest BCUT2D eigenvalue weighted by atomic mass is 79.9. The minimum Gasteiger partial charge on any atom is -0.506 e. The lowest BCUT2D eigenvalue weighted by atomic mass is 10.1. The van der Waals surface area contributed by atoms with Crippen molar-refractivity contribution in [3.63, 3.8) is 0 Å². The Kier molecular flexibility index (Phi) is 5.32. The predicted molar refractivity (Wildman–Crippen MR) is 123 cm³/mol. The van der Waals surface area contributed by atoms with Gasteiger partial charge in [-0.25, -0.2) is 4.98 Å². The van der Waals surface area contributed by atoms with Crippen LogP contribution in [0.15, 0.2) is 56.3 Å². The summed E-state index contributed by atoms with van der Waals surface area (Å²) in [5.74, 6) is 0.369. The van der Waals surface area contributed by atoms with Gasteiger partial charge in [0, 0.05) is 29.5 Å². The lowest BCUT2D eigenvalue weighted by Crippen LogP contribution is -1.92. The molecule has 0 bridgehead atoms. The SMILES string of the molecule is Cc1cc(C)c2oc(-c3ccc(C)c(N=Cc4cc([N+](=O)[O-])cc(Br)c4O)c3)nc2c1. The molecule has 8 heteroatoms. The molecule has 0 spiro atoms. The lowest BCUT2D eigenvalue weighted by Gasteiger charge is -2.04. The Labute approximate surface area is 186 Å². The molecule has 3 aromatic carbocycles. The molecule has 0 amide bonds. The molecular formula is C23H18BrN3O4. The molecule has 0 saturated heterocycles. The Hall–Kier alpha value is -3.52. The summed E-state index contributed by atoms with van der Waals surface area (Å²) in [6.07, 6.45) is 1.40. The van der Waals surface area contributed by atoms with Crippen LogP contribution in [0.5, 0.6) is 5.75 Å². The number of nitrogens with zero attached hydrogens (tertiary/aromatic N) is 3. The van der Waals surface area contributed by atoms with Crippen LogP contribution in [0, 0.1) is 30.9 Å². The van der Waals surface area contributed by atoms with Gasteiger partial charge in [0.1, 0.15) is 11.3 Å². The number of phenolic OH excluding ortho intramolecular Hbond substituents is 1. The van der Waals surface area contributed by atoms with Crippen molar-refractivity contribution < 1.29 is 14.4 Å². The maximum atomic E-state index is 11.1. The van der Waals surface area contributed by atoms with Crippen LogP contribution in [-0.4, -0.2) is 21.2 Å². The van der Waals surface area contributed by atoms with E-state index in [2.05, 4.69) is 25.9 Å². The van der Waals surface area contributed by atoms with E-state index >= 15 is 0 Å². The van der Waals surface area contributed by atoms with E-state index in [1.54, 1.807) is 0 Å². The molecule has 4 rings (SSSR count). The summed E-state index contributed by atoms with van der Waals surface area (Å²) in [5, 5.41) is 21.3. The smallest absolute Gasteiger partial charge is 0.271 e. The maximum absolute atomic E-state index is 11.1. The number of aromatic nitrogens is 1. The number of phenols is 1. The van der Waals surface area contributed by atoms with E-state index in [-0.39, 0.29) is 21.5 Å². The number of aryl methyl sites for hydroxylation is 3. The van der Waals surface area contributed by atoms with Crippen molar-refractivity contribution in [2.75, 3.05) is 0 Å². The first-order valence-electron chi connectivity index (χ1n) is 9.42. The number of hydrogen-bond donors (Lipinski definition) is 1. The largest absolute Gasteiger partial charge is 0.506 e. The summed E-state index contributed by atoms with van der Waals surface area (Å²) in [5.41, 5.74) is 6.06. The molecule has 1 N–H and O–H groups in total. The van der Waals surface area contributed by atoms with Gasteiger partial charge in [0.15, 0.2) is 5.58 Å². The number of halogens is 1. The van der Waals surface area contributed by atoms with Gasteiger partial charge in [-0.15, -0.1) is 0 Å². The second-order valence-corrected chi connectivity index (χ2v) is 8.19. The average Bonchev–Trinajstić information content (AvgIpc) is 3.14. The van der Waals surface area contributed by atoms with Gasteiger partial charge in [0.05, 0.1) is 15.1 Å². The number of rotatable bonds is 4. The van der Waals surface area contributed by atoms with E-state index < -0.39 is 4.92 Å². The molecule has 1 heterocycles. The zero-order valence-corrected chi connectivity index (χ0v) is 18.6. The summed E-state index contributed by atoms with van der Waals surface area (Å²) >= 11 is 3.14. The topological polar surface area (TPSA) is 102 Å². The third-order valence-electron chi connectivity index (χ3n) is 4.91. The standard InChI is InChI=1S/C23H18BrN3O4/c1-12-6-14(3)22-20(7-12)26-23(31-22)15-5-4-13(2)19(9-15)25-11-16-8-17(27(29)30)10-18(24)21(16)28/h4-11,28H,1-3H3. The van der Waals surface area contributed by atoms with E-state index in [1.165, 1.54) is 18.3 Å². The Bertz CT molecular complexity index is 1380. The van der Waals surface area contributed by atoms with Crippen LogP contribution >= 0.6 is 15.9 Å². The predicted octanol–water partition coefficient (Wildman–Crippen LogP) is 6.55. The van der Waals surface area contributed by atoms with E-state index in [0.29, 0.717) is 11.6 Å². The van der Waals surface area contributed by atoms with Crippen LogP contribution in [0.2, 0.25) is 0 Å². The average molecular weight is 480 g/mol. The van der Waals surface area contributed by atoms with Crippen molar-refractivity contribution in [1.29, 1.82) is 0 Å². The first-order valence-corrected chi connectivity index (χ1v) is 10.2. The van der Waals surface area contributed by atoms with Crippen LogP contribution in [-0.2, 0) is 0 Å². The third kappa shape index (κ3) is 4.06. The summed E-state index contributed by atoms with van der Waals surface area (Å²) in [4.78, 5) is 19.6. The van der Waals surface area contributed by atoms with E-state index in [9.17, 15) is 15.2 Å². The monoisotopic (exact) mass is 479 g/mol. The van der Waals surface area contributed by atoms with Gasteiger partial charge < -0.3 is 9.52 Å². The normalized spacial score (nSPS) is 11.5. The molecule has 0 aliphatic heterocycles. The molecule has 0 radical (unpaired) electrons. The van der Waals surface area contributed by atoms with Crippen LogP contribution in [0.3, 0.4) is 0 Å². The van der Waals surface area contributed by atoms with E-state index in [0.717, 1.165) is 33.4 Å². The number of oxazole rings is 1. The molecule has 1 aromatic heterocycles. The Morgan fingerprint density at radius 2 is 1.90 bits per heavy atom. The van der Waals surface area contributed by atoms with Gasteiger partial charge in [-0.2, -0.15) is 0 Å². The number of aliphatic imine (C=N–C) groups is 1. The Morgan fingerprint density at radius 1 is 1.13 bits per heavy atom. The number of aromatic hydroxyl groups is 1. The van der Waals surface area contributed by atoms with Crippen LogP contribution < -0.4 is 0 Å². The first kappa shape index (κ1) is 20.7. The molecule has 4 aromatic rings.